The number of rotatable bonds is 5. The topological polar surface area (TPSA) is 12.5 Å². The molecule has 1 fully saturated rings. The Balaban J connectivity index is 1.79. The molecule has 1 aromatic carbocycles. The number of hydrogen-bond acceptors (Lipinski definition) is 2. The van der Waals surface area contributed by atoms with E-state index in [1.807, 2.05) is 24.3 Å². The molecule has 2 rings (SSSR count). The molecule has 1 heterocycles. The van der Waals surface area contributed by atoms with Gasteiger partial charge in [0.2, 0.25) is 0 Å². The van der Waals surface area contributed by atoms with Crippen LogP contribution in [-0.4, -0.2) is 37.3 Å². The summed E-state index contributed by atoms with van der Waals surface area (Å²) in [6, 6.07) is 8.11. The lowest BCUT2D eigenvalue weighted by molar-refractivity contribution is 0.198. The summed E-state index contributed by atoms with van der Waals surface area (Å²) in [5.41, 5.74) is 0. The average molecular weight is 349 g/mol. The highest BCUT2D eigenvalue weighted by atomic mass is 127. The Labute approximate surface area is 115 Å². The van der Waals surface area contributed by atoms with E-state index in [9.17, 15) is 4.39 Å². The van der Waals surface area contributed by atoms with Crippen molar-refractivity contribution >= 4 is 22.6 Å². The van der Waals surface area contributed by atoms with Crippen molar-refractivity contribution in [1.29, 1.82) is 0 Å². The van der Waals surface area contributed by atoms with Gasteiger partial charge in [-0.25, -0.2) is 0 Å². The molecule has 94 valence electrons. The van der Waals surface area contributed by atoms with E-state index in [-0.39, 0.29) is 12.8 Å². The van der Waals surface area contributed by atoms with Crippen molar-refractivity contribution in [3.8, 4) is 5.75 Å². The van der Waals surface area contributed by atoms with Crippen molar-refractivity contribution in [1.82, 2.24) is 4.90 Å². The average Bonchev–Trinajstić information content (AvgIpc) is 2.77. The molecule has 0 unspecified atom stereocenters. The van der Waals surface area contributed by atoms with Crippen molar-refractivity contribution in [2.75, 3.05) is 26.3 Å². The smallest absolute Gasteiger partial charge is 0.119 e. The van der Waals surface area contributed by atoms with Crippen LogP contribution in [0.4, 0.5) is 4.39 Å². The number of alkyl halides is 1. The monoisotopic (exact) mass is 349 g/mol. The van der Waals surface area contributed by atoms with Crippen molar-refractivity contribution in [3.63, 3.8) is 0 Å². The maximum absolute atomic E-state index is 12.1. The number of likely N-dealkylation sites (tertiary alicyclic amines) is 1. The highest BCUT2D eigenvalue weighted by Gasteiger charge is 2.23. The minimum atomic E-state index is -0.223. The van der Waals surface area contributed by atoms with E-state index in [4.69, 9.17) is 4.74 Å². The van der Waals surface area contributed by atoms with E-state index < -0.39 is 0 Å². The molecule has 0 aromatic heterocycles. The summed E-state index contributed by atoms with van der Waals surface area (Å²) >= 11 is 2.28. The molecule has 1 aliphatic rings. The van der Waals surface area contributed by atoms with Gasteiger partial charge in [-0.15, -0.1) is 0 Å². The van der Waals surface area contributed by atoms with Crippen LogP contribution in [0.2, 0.25) is 0 Å². The van der Waals surface area contributed by atoms with E-state index >= 15 is 0 Å². The second-order valence-electron chi connectivity index (χ2n) is 4.33. The second-order valence-corrected chi connectivity index (χ2v) is 5.57. The molecule has 1 aliphatic heterocycles. The van der Waals surface area contributed by atoms with Crippen LogP contribution in [0.15, 0.2) is 24.3 Å². The minimum absolute atomic E-state index is 0.223. The Hall–Kier alpha value is -0.360. The molecule has 1 atom stereocenters. The van der Waals surface area contributed by atoms with Crippen LogP contribution in [0.3, 0.4) is 0 Å². The SMILES string of the molecule is FCCCN1CC[C@H](Oc2ccc(I)cc2)C1. The summed E-state index contributed by atoms with van der Waals surface area (Å²) in [5.74, 6) is 0.933. The van der Waals surface area contributed by atoms with Gasteiger partial charge in [0.05, 0.1) is 6.67 Å². The first kappa shape index (κ1) is 13.1. The molecule has 0 aliphatic carbocycles. The normalized spacial score (nSPS) is 20.7. The lowest BCUT2D eigenvalue weighted by Crippen LogP contribution is -2.26. The highest BCUT2D eigenvalue weighted by molar-refractivity contribution is 14.1. The molecule has 0 N–H and O–H groups in total. The Kier molecular flexibility index (Phi) is 5.03. The van der Waals surface area contributed by atoms with Gasteiger partial charge < -0.3 is 4.74 Å². The lowest BCUT2D eigenvalue weighted by atomic mass is 10.3. The predicted octanol–water partition coefficient (Wildman–Crippen LogP) is 3.10. The predicted molar refractivity (Wildman–Crippen MR) is 75.2 cm³/mol. The number of hydrogen-bond donors (Lipinski definition) is 0. The molecule has 1 saturated heterocycles. The van der Waals surface area contributed by atoms with Gasteiger partial charge in [-0.05, 0) is 59.7 Å². The van der Waals surface area contributed by atoms with Gasteiger partial charge in [-0.2, -0.15) is 0 Å². The fourth-order valence-electron chi connectivity index (χ4n) is 2.09. The fraction of sp³-hybridized carbons (Fsp3) is 0.538. The van der Waals surface area contributed by atoms with Crippen molar-refractivity contribution in [3.05, 3.63) is 27.8 Å². The third-order valence-corrected chi connectivity index (χ3v) is 3.67. The molecule has 17 heavy (non-hydrogen) atoms. The van der Waals surface area contributed by atoms with Crippen LogP contribution in [0.1, 0.15) is 12.8 Å². The summed E-state index contributed by atoms with van der Waals surface area (Å²) in [7, 11) is 0. The number of nitrogens with zero attached hydrogens (tertiary/aromatic N) is 1. The summed E-state index contributed by atoms with van der Waals surface area (Å²) < 4.78 is 19.2. The third-order valence-electron chi connectivity index (χ3n) is 2.95. The Morgan fingerprint density at radius 1 is 1.35 bits per heavy atom. The first-order valence-corrected chi connectivity index (χ1v) is 7.06. The zero-order chi connectivity index (χ0) is 12.1. The van der Waals surface area contributed by atoms with Gasteiger partial charge in [-0.3, -0.25) is 9.29 Å². The Morgan fingerprint density at radius 2 is 2.12 bits per heavy atom. The largest absolute Gasteiger partial charge is 0.489 e. The highest BCUT2D eigenvalue weighted by Crippen LogP contribution is 2.19. The van der Waals surface area contributed by atoms with Gasteiger partial charge in [0.1, 0.15) is 11.9 Å². The van der Waals surface area contributed by atoms with Crippen molar-refractivity contribution in [2.24, 2.45) is 0 Å². The van der Waals surface area contributed by atoms with E-state index in [0.29, 0.717) is 6.42 Å². The molecule has 2 nitrogen and oxygen atoms in total. The van der Waals surface area contributed by atoms with Gasteiger partial charge >= 0.3 is 0 Å². The van der Waals surface area contributed by atoms with Gasteiger partial charge in [0.25, 0.3) is 0 Å². The van der Waals surface area contributed by atoms with Crippen LogP contribution in [0.5, 0.6) is 5.75 Å². The van der Waals surface area contributed by atoms with E-state index in [2.05, 4.69) is 27.5 Å². The molecule has 0 saturated carbocycles. The zero-order valence-corrected chi connectivity index (χ0v) is 11.9. The maximum atomic E-state index is 12.1. The first-order chi connectivity index (χ1) is 8.28. The molecule has 1 aromatic rings. The molecular formula is C13H17FINO. The molecule has 0 bridgehead atoms. The van der Waals surface area contributed by atoms with Gasteiger partial charge in [0.15, 0.2) is 0 Å². The summed E-state index contributed by atoms with van der Waals surface area (Å²) in [6.07, 6.45) is 1.93. The van der Waals surface area contributed by atoms with Crippen LogP contribution in [0.25, 0.3) is 0 Å². The van der Waals surface area contributed by atoms with Gasteiger partial charge in [0, 0.05) is 23.2 Å². The third kappa shape index (κ3) is 4.10. The van der Waals surface area contributed by atoms with Crippen LogP contribution in [-0.2, 0) is 0 Å². The summed E-state index contributed by atoms with van der Waals surface area (Å²) in [6.45, 7) is 2.57. The Morgan fingerprint density at radius 3 is 2.82 bits per heavy atom. The maximum Gasteiger partial charge on any atom is 0.119 e. The molecule has 0 amide bonds. The quantitative estimate of drug-likeness (QED) is 0.758. The summed E-state index contributed by atoms with van der Waals surface area (Å²) in [4.78, 5) is 2.27. The fourth-order valence-corrected chi connectivity index (χ4v) is 2.44. The minimum Gasteiger partial charge on any atom is -0.489 e. The molecule has 4 heteroatoms. The number of benzene rings is 1. The molecular weight excluding hydrogens is 332 g/mol. The first-order valence-electron chi connectivity index (χ1n) is 5.98. The molecule has 0 radical (unpaired) electrons. The number of ether oxygens (including phenoxy) is 1. The van der Waals surface area contributed by atoms with Crippen molar-refractivity contribution in [2.45, 2.75) is 18.9 Å². The van der Waals surface area contributed by atoms with Crippen LogP contribution in [0, 0.1) is 3.57 Å². The molecule has 0 spiro atoms. The zero-order valence-electron chi connectivity index (χ0n) is 9.74. The van der Waals surface area contributed by atoms with Crippen LogP contribution >= 0.6 is 22.6 Å². The van der Waals surface area contributed by atoms with Crippen LogP contribution < -0.4 is 4.74 Å². The van der Waals surface area contributed by atoms with Gasteiger partial charge in [-0.1, -0.05) is 0 Å². The van der Waals surface area contributed by atoms with E-state index in [1.54, 1.807) is 0 Å². The standard InChI is InChI=1S/C13H17FINO/c14-7-1-8-16-9-6-13(10-16)17-12-4-2-11(15)3-5-12/h2-5,13H,1,6-10H2/t13-/m0/s1. The Bertz CT molecular complexity index is 344. The number of halogens is 2. The van der Waals surface area contributed by atoms with E-state index in [1.165, 1.54) is 3.57 Å². The second kappa shape index (κ2) is 6.54. The summed E-state index contributed by atoms with van der Waals surface area (Å²) in [5, 5.41) is 0. The van der Waals surface area contributed by atoms with Crippen molar-refractivity contribution < 1.29 is 9.13 Å². The van der Waals surface area contributed by atoms with E-state index in [0.717, 1.165) is 31.8 Å². The lowest BCUT2D eigenvalue weighted by Gasteiger charge is -2.16.